The molecule has 0 amide bonds. The number of carbonyl (C=O) groups excluding carboxylic acids is 4. The molecule has 0 atom stereocenters. The van der Waals surface area contributed by atoms with Gasteiger partial charge in [0.15, 0.2) is 0 Å². The average Bonchev–Trinajstić information content (AvgIpc) is 3.16. The van der Waals surface area contributed by atoms with Crippen LogP contribution in [0.1, 0.15) is 71.4 Å². The first-order valence-corrected chi connectivity index (χ1v) is 17.6. The van der Waals surface area contributed by atoms with E-state index in [1.165, 1.54) is 12.1 Å². The molecule has 1 N–H and O–H groups in total. The molecule has 0 spiro atoms. The van der Waals surface area contributed by atoms with Crippen LogP contribution in [0.5, 0.6) is 23.0 Å². The van der Waals surface area contributed by atoms with E-state index >= 15 is 0 Å². The Balaban J connectivity index is 0.000000297. The van der Waals surface area contributed by atoms with Gasteiger partial charge in [0.05, 0.1) is 19.8 Å². The van der Waals surface area contributed by atoms with E-state index in [9.17, 15) is 19.2 Å². The fourth-order valence-electron chi connectivity index (χ4n) is 4.06. The number of carbonyl (C=O) groups is 4. The number of phenols is 1. The molecule has 4 aromatic rings. The molecule has 51 heavy (non-hydrogen) atoms. The van der Waals surface area contributed by atoms with Gasteiger partial charge in [0.1, 0.15) is 48.8 Å². The topological polar surface area (TPSA) is 135 Å². The van der Waals surface area contributed by atoms with Crippen LogP contribution >= 0.6 is 15.9 Å². The third-order valence-corrected chi connectivity index (χ3v) is 7.14. The first-order chi connectivity index (χ1) is 24.8. The van der Waals surface area contributed by atoms with Crippen molar-refractivity contribution in [3.05, 3.63) is 119 Å². The minimum atomic E-state index is -0.265. The van der Waals surface area contributed by atoms with E-state index in [4.69, 9.17) is 28.8 Å². The molecule has 11 heteroatoms. The van der Waals surface area contributed by atoms with Crippen molar-refractivity contribution < 1.29 is 48.0 Å². The highest BCUT2D eigenvalue weighted by Crippen LogP contribution is 2.15. The number of hydrogen-bond donors (Lipinski definition) is 1. The van der Waals surface area contributed by atoms with Crippen LogP contribution in [0, 0.1) is 0 Å². The SMILES string of the molecule is CCOc1ccc(COC(=O)CCCBr)cc1.CCOc1ccc(COC(=O)CCCOc2cccc(C=O)c2)cc1.O=Cc1cccc(O)c1. The number of aromatic hydroxyl groups is 1. The highest BCUT2D eigenvalue weighted by atomic mass is 79.9. The molecule has 272 valence electrons. The van der Waals surface area contributed by atoms with Gasteiger partial charge in [-0.3, -0.25) is 19.2 Å². The van der Waals surface area contributed by atoms with Gasteiger partial charge in [0.25, 0.3) is 0 Å². The van der Waals surface area contributed by atoms with E-state index in [0.29, 0.717) is 62.4 Å². The van der Waals surface area contributed by atoms with Gasteiger partial charge >= 0.3 is 11.9 Å². The zero-order chi connectivity index (χ0) is 37.1. The molecule has 0 aliphatic heterocycles. The molecule has 0 aliphatic carbocycles. The Labute approximate surface area is 307 Å². The molecular formula is C40H45BrO10. The standard InChI is InChI=1S/C20H22O5.C13H17BrO3.C7H6O2/c1-2-23-18-10-8-16(9-11-18)15-25-20(22)7-4-12-24-19-6-3-5-17(13-19)14-21;1-2-16-12-7-5-11(6-8-12)10-17-13(15)4-3-9-14;8-5-6-2-1-3-7(9)4-6/h3,5-6,8-11,13-14H,2,4,7,12,15H2,1H3;5-8H,2-4,9-10H2,1H3;1-5,9H. The summed E-state index contributed by atoms with van der Waals surface area (Å²) in [6, 6.07) is 28.1. The summed E-state index contributed by atoms with van der Waals surface area (Å²) >= 11 is 3.27. The lowest BCUT2D eigenvalue weighted by Crippen LogP contribution is -2.07. The third-order valence-electron chi connectivity index (χ3n) is 6.58. The van der Waals surface area contributed by atoms with E-state index in [1.54, 1.807) is 36.4 Å². The molecule has 10 nitrogen and oxygen atoms in total. The van der Waals surface area contributed by atoms with Gasteiger partial charge in [0.2, 0.25) is 0 Å². The zero-order valence-corrected chi connectivity index (χ0v) is 30.5. The largest absolute Gasteiger partial charge is 0.508 e. The Morgan fingerprint density at radius 3 is 1.57 bits per heavy atom. The fraction of sp³-hybridized carbons (Fsp3) is 0.300. The summed E-state index contributed by atoms with van der Waals surface area (Å²) in [6.07, 6.45) is 3.56. The van der Waals surface area contributed by atoms with Gasteiger partial charge in [-0.15, -0.1) is 0 Å². The summed E-state index contributed by atoms with van der Waals surface area (Å²) in [4.78, 5) is 43.8. The van der Waals surface area contributed by atoms with Crippen LogP contribution in [0.2, 0.25) is 0 Å². The maximum absolute atomic E-state index is 11.7. The first kappa shape index (κ1) is 42.0. The van der Waals surface area contributed by atoms with Crippen LogP contribution in [0.25, 0.3) is 0 Å². The van der Waals surface area contributed by atoms with Crippen molar-refractivity contribution >= 4 is 40.4 Å². The number of alkyl halides is 1. The normalized spacial score (nSPS) is 9.86. The van der Waals surface area contributed by atoms with Crippen LogP contribution in [-0.2, 0) is 32.3 Å². The maximum Gasteiger partial charge on any atom is 0.306 e. The smallest absolute Gasteiger partial charge is 0.306 e. The third kappa shape index (κ3) is 19.0. The van der Waals surface area contributed by atoms with Gasteiger partial charge in [-0.25, -0.2) is 0 Å². The Hall–Kier alpha value is -5.16. The van der Waals surface area contributed by atoms with Crippen LogP contribution in [0.15, 0.2) is 97.1 Å². The molecule has 0 saturated heterocycles. The number of halogens is 1. The second kappa shape index (κ2) is 25.8. The number of hydrogen-bond acceptors (Lipinski definition) is 10. The van der Waals surface area contributed by atoms with Crippen LogP contribution < -0.4 is 14.2 Å². The maximum atomic E-state index is 11.7. The monoisotopic (exact) mass is 764 g/mol. The van der Waals surface area contributed by atoms with Gasteiger partial charge < -0.3 is 28.8 Å². The lowest BCUT2D eigenvalue weighted by atomic mass is 10.2. The van der Waals surface area contributed by atoms with Gasteiger partial charge in [0, 0.05) is 29.3 Å². The Morgan fingerprint density at radius 2 is 1.12 bits per heavy atom. The van der Waals surface area contributed by atoms with Crippen molar-refractivity contribution in [3.63, 3.8) is 0 Å². The van der Waals surface area contributed by atoms with E-state index in [0.717, 1.165) is 40.7 Å². The lowest BCUT2D eigenvalue weighted by Gasteiger charge is -2.08. The van der Waals surface area contributed by atoms with Crippen molar-refractivity contribution in [2.24, 2.45) is 0 Å². The highest BCUT2D eigenvalue weighted by molar-refractivity contribution is 9.09. The van der Waals surface area contributed by atoms with Crippen molar-refractivity contribution in [2.75, 3.05) is 25.2 Å². The predicted octanol–water partition coefficient (Wildman–Crippen LogP) is 8.31. The fourth-order valence-corrected chi connectivity index (χ4v) is 4.34. The van der Waals surface area contributed by atoms with Crippen molar-refractivity contribution in [3.8, 4) is 23.0 Å². The average molecular weight is 766 g/mol. The number of esters is 2. The van der Waals surface area contributed by atoms with E-state index in [2.05, 4.69) is 15.9 Å². The first-order valence-electron chi connectivity index (χ1n) is 16.5. The van der Waals surface area contributed by atoms with Gasteiger partial charge in [-0.05, 0) is 86.3 Å². The lowest BCUT2D eigenvalue weighted by molar-refractivity contribution is -0.146. The quantitative estimate of drug-likeness (QED) is 0.0456. The number of aldehydes is 2. The summed E-state index contributed by atoms with van der Waals surface area (Å²) in [5.74, 6) is 1.96. The number of rotatable bonds is 18. The second-order valence-electron chi connectivity index (χ2n) is 10.6. The molecule has 0 radical (unpaired) electrons. The second-order valence-corrected chi connectivity index (χ2v) is 11.4. The summed E-state index contributed by atoms with van der Waals surface area (Å²) in [6.45, 7) is 6.11. The van der Waals surface area contributed by atoms with E-state index in [-0.39, 0.29) is 30.7 Å². The Bertz CT molecular complexity index is 1590. The van der Waals surface area contributed by atoms with E-state index in [1.807, 2.05) is 62.4 Å². The Morgan fingerprint density at radius 1 is 0.627 bits per heavy atom. The van der Waals surface area contributed by atoms with Crippen LogP contribution in [0.3, 0.4) is 0 Å². The van der Waals surface area contributed by atoms with Crippen LogP contribution in [0.4, 0.5) is 0 Å². The van der Waals surface area contributed by atoms with Gasteiger partial charge in [-0.1, -0.05) is 64.5 Å². The summed E-state index contributed by atoms with van der Waals surface area (Å²) in [5, 5.41) is 9.61. The summed E-state index contributed by atoms with van der Waals surface area (Å²) in [5.41, 5.74) is 2.95. The molecule has 0 fully saturated rings. The molecule has 4 rings (SSSR count). The number of phenolic OH excluding ortho intramolecular Hbond substituents is 1. The van der Waals surface area contributed by atoms with Crippen LogP contribution in [-0.4, -0.2) is 54.8 Å². The number of ether oxygens (including phenoxy) is 5. The molecule has 0 heterocycles. The summed E-state index contributed by atoms with van der Waals surface area (Å²) < 4.78 is 26.6. The minimum absolute atomic E-state index is 0.125. The summed E-state index contributed by atoms with van der Waals surface area (Å²) in [7, 11) is 0. The molecule has 0 unspecified atom stereocenters. The molecule has 0 aromatic heterocycles. The predicted molar refractivity (Wildman–Crippen MR) is 198 cm³/mol. The molecular weight excluding hydrogens is 720 g/mol. The number of benzene rings is 4. The highest BCUT2D eigenvalue weighted by Gasteiger charge is 2.05. The molecule has 0 aliphatic rings. The van der Waals surface area contributed by atoms with Gasteiger partial charge in [-0.2, -0.15) is 0 Å². The Kier molecular flexibility index (Phi) is 21.2. The van der Waals surface area contributed by atoms with Crippen molar-refractivity contribution in [1.29, 1.82) is 0 Å². The zero-order valence-electron chi connectivity index (χ0n) is 29.0. The minimum Gasteiger partial charge on any atom is -0.508 e. The van der Waals surface area contributed by atoms with Crippen molar-refractivity contribution in [2.45, 2.75) is 52.7 Å². The van der Waals surface area contributed by atoms with E-state index < -0.39 is 0 Å². The molecule has 0 saturated carbocycles. The molecule has 0 bridgehead atoms. The molecule has 4 aromatic carbocycles. The van der Waals surface area contributed by atoms with Crippen molar-refractivity contribution in [1.82, 2.24) is 0 Å².